The predicted octanol–water partition coefficient (Wildman–Crippen LogP) is 2.89. The van der Waals surface area contributed by atoms with Gasteiger partial charge in [0.25, 0.3) is 0 Å². The fraction of sp³-hybridized carbons (Fsp3) is 0.308. The third kappa shape index (κ3) is 3.91. The zero-order valence-electron chi connectivity index (χ0n) is 11.2. The summed E-state index contributed by atoms with van der Waals surface area (Å²) < 4.78 is 70.6. The summed E-state index contributed by atoms with van der Waals surface area (Å²) in [5.41, 5.74) is 0.318. The molecule has 0 amide bonds. The molecule has 2 rings (SSSR count). The van der Waals surface area contributed by atoms with Gasteiger partial charge in [-0.1, -0.05) is 30.3 Å². The molecule has 1 heterocycles. The lowest BCUT2D eigenvalue weighted by Gasteiger charge is -2.26. The zero-order chi connectivity index (χ0) is 17.3. The maximum Gasteiger partial charge on any atom is 0.410 e. The van der Waals surface area contributed by atoms with Crippen LogP contribution in [0, 0.1) is 0 Å². The van der Waals surface area contributed by atoms with Crippen molar-refractivity contribution in [2.24, 2.45) is 0 Å². The lowest BCUT2D eigenvalue weighted by atomic mass is 10.0. The summed E-state index contributed by atoms with van der Waals surface area (Å²) in [6.45, 7) is 0. The van der Waals surface area contributed by atoms with Crippen LogP contribution in [0.5, 0.6) is 0 Å². The van der Waals surface area contributed by atoms with Crippen LogP contribution in [0.4, 0.5) is 17.6 Å². The lowest BCUT2D eigenvalue weighted by molar-refractivity contribution is -0.139. The van der Waals surface area contributed by atoms with Crippen LogP contribution in [-0.4, -0.2) is 26.9 Å². The second-order valence-electron chi connectivity index (χ2n) is 4.55. The molecule has 0 aliphatic carbocycles. The van der Waals surface area contributed by atoms with Crippen molar-refractivity contribution in [3.8, 4) is 0 Å². The molecule has 126 valence electrons. The van der Waals surface area contributed by atoms with Crippen molar-refractivity contribution in [3.63, 3.8) is 0 Å². The van der Waals surface area contributed by atoms with E-state index < -0.39 is 39.7 Å². The van der Waals surface area contributed by atoms with Gasteiger partial charge in [-0.3, -0.25) is 0 Å². The predicted molar refractivity (Wildman–Crippen MR) is 75.2 cm³/mol. The van der Waals surface area contributed by atoms with Crippen molar-refractivity contribution >= 4 is 28.6 Å². The fourth-order valence-electron chi connectivity index (χ4n) is 1.84. The molecule has 0 aromatic heterocycles. The highest BCUT2D eigenvalue weighted by molar-refractivity contribution is 7.84. The van der Waals surface area contributed by atoms with Gasteiger partial charge in [-0.25, -0.2) is 13.7 Å². The Kier molecular flexibility index (Phi) is 5.12. The summed E-state index contributed by atoms with van der Waals surface area (Å²) >= 11 is 4.32. The van der Waals surface area contributed by atoms with Gasteiger partial charge < -0.3 is 4.74 Å². The smallest absolute Gasteiger partial charge is 0.410 e. The highest BCUT2D eigenvalue weighted by Crippen LogP contribution is 2.40. The summed E-state index contributed by atoms with van der Waals surface area (Å²) in [5.74, 6) is -0.724. The Hall–Kier alpha value is -1.45. The Morgan fingerprint density at radius 2 is 1.83 bits per heavy atom. The highest BCUT2D eigenvalue weighted by atomic mass is 35.5. The van der Waals surface area contributed by atoms with E-state index in [-0.39, 0.29) is 0 Å². The molecule has 0 fully saturated rings. The number of carbonyl (C=O) groups is 1. The van der Waals surface area contributed by atoms with Gasteiger partial charge in [0.05, 0.1) is 6.04 Å². The number of cyclic esters (lactones) is 1. The number of rotatable bonds is 6. The van der Waals surface area contributed by atoms with E-state index in [1.807, 2.05) is 4.72 Å². The summed E-state index contributed by atoms with van der Waals surface area (Å²) in [4.78, 5) is 11.1. The van der Waals surface area contributed by atoms with Gasteiger partial charge >= 0.3 is 16.6 Å². The van der Waals surface area contributed by atoms with Crippen LogP contribution in [0.15, 0.2) is 42.5 Å². The number of nitrogens with one attached hydrogen (secondary N) is 1. The average molecular weight is 372 g/mol. The Labute approximate surface area is 136 Å². The van der Waals surface area contributed by atoms with Gasteiger partial charge in [0.15, 0.2) is 11.0 Å². The second kappa shape index (κ2) is 6.58. The van der Waals surface area contributed by atoms with Crippen molar-refractivity contribution in [1.82, 2.24) is 4.72 Å². The minimum absolute atomic E-state index is 0.318. The van der Waals surface area contributed by atoms with E-state index in [1.54, 1.807) is 18.2 Å². The number of alkyl halides is 5. The minimum Gasteiger partial charge on any atom is -0.453 e. The van der Waals surface area contributed by atoms with Crippen molar-refractivity contribution in [3.05, 3.63) is 48.0 Å². The molecule has 1 aliphatic heterocycles. The van der Waals surface area contributed by atoms with E-state index in [0.717, 1.165) is 6.08 Å². The quantitative estimate of drug-likeness (QED) is 0.475. The van der Waals surface area contributed by atoms with Crippen LogP contribution in [0.2, 0.25) is 0 Å². The van der Waals surface area contributed by atoms with E-state index in [1.165, 1.54) is 18.2 Å². The number of carbonyl (C=O) groups excluding carboxylic acids is 1. The van der Waals surface area contributed by atoms with Gasteiger partial charge in [0.2, 0.25) is 0 Å². The molecule has 4 nitrogen and oxygen atoms in total. The van der Waals surface area contributed by atoms with Crippen LogP contribution in [0.25, 0.3) is 0 Å². The van der Waals surface area contributed by atoms with Crippen molar-refractivity contribution in [1.29, 1.82) is 0 Å². The Morgan fingerprint density at radius 1 is 1.22 bits per heavy atom. The van der Waals surface area contributed by atoms with Gasteiger partial charge in [0, 0.05) is 6.08 Å². The van der Waals surface area contributed by atoms with Crippen LogP contribution >= 0.6 is 11.6 Å². The number of hydrogen-bond donors (Lipinski definition) is 1. The number of hydrogen-bond acceptors (Lipinski definition) is 3. The molecule has 1 N–H and O–H groups in total. The number of halogens is 5. The standard InChI is InChI=1S/C13H10ClF4NO3S/c14-12(15,16)13(17,18)23(21)19-11(8-4-2-1-3-5-8)9-6-7-10(20)22-9/h1-7,9,11,19H/t9-,11-,23?/m1/s1. The number of ether oxygens (including phenoxy) is 1. The van der Waals surface area contributed by atoms with Crippen LogP contribution in [0.3, 0.4) is 0 Å². The van der Waals surface area contributed by atoms with Crippen LogP contribution in [0.1, 0.15) is 11.6 Å². The Bertz CT molecular complexity index is 636. The van der Waals surface area contributed by atoms with E-state index in [0.29, 0.717) is 5.56 Å². The maximum atomic E-state index is 13.4. The largest absolute Gasteiger partial charge is 0.453 e. The fourth-order valence-corrected chi connectivity index (χ4v) is 2.91. The summed E-state index contributed by atoms with van der Waals surface area (Å²) in [7, 11) is -3.53. The van der Waals surface area contributed by atoms with Crippen LogP contribution in [-0.2, 0) is 20.5 Å². The topological polar surface area (TPSA) is 55.4 Å². The molecule has 1 aliphatic rings. The third-order valence-electron chi connectivity index (χ3n) is 2.96. The normalized spacial score (nSPS) is 21.1. The molecule has 0 bridgehead atoms. The van der Waals surface area contributed by atoms with Crippen molar-refractivity contribution in [2.75, 3.05) is 0 Å². The monoisotopic (exact) mass is 371 g/mol. The Morgan fingerprint density at radius 3 is 2.30 bits per heavy atom. The van der Waals surface area contributed by atoms with E-state index in [9.17, 15) is 26.6 Å². The first kappa shape index (κ1) is 17.9. The molecule has 23 heavy (non-hydrogen) atoms. The second-order valence-corrected chi connectivity index (χ2v) is 6.31. The van der Waals surface area contributed by atoms with Crippen molar-refractivity contribution in [2.45, 2.75) is 22.8 Å². The van der Waals surface area contributed by atoms with Gasteiger partial charge in [-0.05, 0) is 23.2 Å². The average Bonchev–Trinajstić information content (AvgIpc) is 2.90. The maximum absolute atomic E-state index is 13.4. The molecule has 3 atom stereocenters. The molecule has 1 aromatic rings. The van der Waals surface area contributed by atoms with Gasteiger partial charge in [-0.15, -0.1) is 0 Å². The molecule has 0 spiro atoms. The number of esters is 1. The molecule has 0 saturated carbocycles. The van der Waals surface area contributed by atoms with E-state index in [2.05, 4.69) is 11.6 Å². The van der Waals surface area contributed by atoms with E-state index in [4.69, 9.17) is 4.74 Å². The Balaban J connectivity index is 2.27. The molecule has 1 aromatic carbocycles. The van der Waals surface area contributed by atoms with E-state index >= 15 is 0 Å². The minimum atomic E-state index is -5.02. The molecule has 0 radical (unpaired) electrons. The molecular weight excluding hydrogens is 362 g/mol. The first-order chi connectivity index (χ1) is 10.6. The zero-order valence-corrected chi connectivity index (χ0v) is 12.8. The summed E-state index contributed by atoms with van der Waals surface area (Å²) in [6.07, 6.45) is 1.23. The third-order valence-corrected chi connectivity index (χ3v) is 4.50. The SMILES string of the molecule is O=C1C=C[C@H]([C@H](NS(=O)C(F)(F)C(F)(F)Cl)c2ccccc2)O1. The first-order valence-electron chi connectivity index (χ1n) is 6.19. The van der Waals surface area contributed by atoms with Crippen LogP contribution < -0.4 is 4.72 Å². The number of benzene rings is 1. The summed E-state index contributed by atoms with van der Waals surface area (Å²) in [6, 6.07) is 6.49. The molecule has 1 unspecified atom stereocenters. The van der Waals surface area contributed by atoms with Gasteiger partial charge in [0.1, 0.15) is 6.10 Å². The highest BCUT2D eigenvalue weighted by Gasteiger charge is 2.61. The molecular formula is C13H10ClF4NO3S. The van der Waals surface area contributed by atoms with Gasteiger partial charge in [-0.2, -0.15) is 17.6 Å². The summed E-state index contributed by atoms with van der Waals surface area (Å²) in [5, 5.41) is -10.0. The molecule has 10 heteroatoms. The molecule has 0 saturated heterocycles. The lowest BCUT2D eigenvalue weighted by Crippen LogP contribution is -2.47. The first-order valence-corrected chi connectivity index (χ1v) is 7.72. The van der Waals surface area contributed by atoms with Crippen molar-refractivity contribution < 1.29 is 31.3 Å².